The SMILES string of the molecule is CC1(C)C[C@H](N)C(=O)O1. The molecule has 2 N–H and O–H groups in total. The minimum absolute atomic E-state index is 0.278. The summed E-state index contributed by atoms with van der Waals surface area (Å²) in [7, 11) is 0. The Morgan fingerprint density at radius 3 is 2.44 bits per heavy atom. The number of ether oxygens (including phenoxy) is 1. The van der Waals surface area contributed by atoms with Gasteiger partial charge in [-0.15, -0.1) is 0 Å². The second-order valence-corrected chi connectivity index (χ2v) is 2.99. The number of carbonyl (C=O) groups excluding carboxylic acids is 1. The van der Waals surface area contributed by atoms with E-state index in [0.717, 1.165) is 0 Å². The van der Waals surface area contributed by atoms with Gasteiger partial charge in [0.05, 0.1) is 0 Å². The van der Waals surface area contributed by atoms with Gasteiger partial charge in [0.1, 0.15) is 11.6 Å². The summed E-state index contributed by atoms with van der Waals surface area (Å²) < 4.78 is 4.90. The lowest BCUT2D eigenvalue weighted by molar-refractivity contribution is -0.146. The van der Waals surface area contributed by atoms with E-state index in [0.29, 0.717) is 6.42 Å². The first-order valence-corrected chi connectivity index (χ1v) is 3.00. The Labute approximate surface area is 54.2 Å². The van der Waals surface area contributed by atoms with Gasteiger partial charge in [0.2, 0.25) is 0 Å². The van der Waals surface area contributed by atoms with Crippen LogP contribution in [0.5, 0.6) is 0 Å². The van der Waals surface area contributed by atoms with Gasteiger partial charge in [0.15, 0.2) is 0 Å². The quantitative estimate of drug-likeness (QED) is 0.470. The number of hydrogen-bond donors (Lipinski definition) is 1. The molecule has 3 heteroatoms. The van der Waals surface area contributed by atoms with Crippen molar-refractivity contribution in [3.63, 3.8) is 0 Å². The van der Waals surface area contributed by atoms with Crippen LogP contribution in [0.3, 0.4) is 0 Å². The molecule has 9 heavy (non-hydrogen) atoms. The Morgan fingerprint density at radius 2 is 2.33 bits per heavy atom. The second kappa shape index (κ2) is 1.70. The molecule has 0 unspecified atom stereocenters. The Kier molecular flexibility index (Phi) is 1.24. The third-order valence-corrected chi connectivity index (χ3v) is 1.39. The van der Waals surface area contributed by atoms with Crippen LogP contribution in [0.4, 0.5) is 0 Å². The lowest BCUT2D eigenvalue weighted by Gasteiger charge is -2.13. The first-order chi connectivity index (χ1) is 4.01. The molecule has 3 nitrogen and oxygen atoms in total. The fraction of sp³-hybridized carbons (Fsp3) is 0.833. The summed E-state index contributed by atoms with van der Waals surface area (Å²) in [5.74, 6) is -0.278. The lowest BCUT2D eigenvalue weighted by atomic mass is 10.0. The molecule has 52 valence electrons. The second-order valence-electron chi connectivity index (χ2n) is 2.99. The monoisotopic (exact) mass is 129 g/mol. The van der Waals surface area contributed by atoms with E-state index in [9.17, 15) is 4.79 Å². The molecule has 1 saturated heterocycles. The maximum Gasteiger partial charge on any atom is 0.323 e. The molecule has 1 aliphatic heterocycles. The summed E-state index contributed by atoms with van der Waals surface area (Å²) in [5, 5.41) is 0. The van der Waals surface area contributed by atoms with Gasteiger partial charge in [-0.2, -0.15) is 0 Å². The fourth-order valence-electron chi connectivity index (χ4n) is 1.00. The molecular weight excluding hydrogens is 118 g/mol. The minimum atomic E-state index is -0.403. The van der Waals surface area contributed by atoms with Crippen molar-refractivity contribution >= 4 is 5.97 Å². The Bertz CT molecular complexity index is 142. The zero-order valence-electron chi connectivity index (χ0n) is 5.68. The highest BCUT2D eigenvalue weighted by Gasteiger charge is 2.37. The largest absolute Gasteiger partial charge is 0.458 e. The fourth-order valence-corrected chi connectivity index (χ4v) is 1.00. The van der Waals surface area contributed by atoms with Gasteiger partial charge in [-0.05, 0) is 13.8 Å². The predicted octanol–water partition coefficient (Wildman–Crippen LogP) is 0.0392. The van der Waals surface area contributed by atoms with E-state index in [1.807, 2.05) is 13.8 Å². The van der Waals surface area contributed by atoms with Crippen molar-refractivity contribution in [2.24, 2.45) is 5.73 Å². The van der Waals surface area contributed by atoms with Gasteiger partial charge in [-0.25, -0.2) is 0 Å². The van der Waals surface area contributed by atoms with Crippen LogP contribution in [-0.2, 0) is 9.53 Å². The van der Waals surface area contributed by atoms with Gasteiger partial charge < -0.3 is 10.5 Å². The maximum absolute atomic E-state index is 10.6. The van der Waals surface area contributed by atoms with Gasteiger partial charge in [0, 0.05) is 6.42 Å². The zero-order chi connectivity index (χ0) is 7.07. The Morgan fingerprint density at radius 1 is 1.78 bits per heavy atom. The van der Waals surface area contributed by atoms with E-state index in [-0.39, 0.29) is 11.6 Å². The smallest absolute Gasteiger partial charge is 0.323 e. The van der Waals surface area contributed by atoms with Crippen LogP contribution in [-0.4, -0.2) is 17.6 Å². The summed E-state index contributed by atoms with van der Waals surface area (Å²) in [4.78, 5) is 10.6. The van der Waals surface area contributed by atoms with E-state index in [2.05, 4.69) is 0 Å². The highest BCUT2D eigenvalue weighted by molar-refractivity contribution is 5.78. The van der Waals surface area contributed by atoms with Crippen molar-refractivity contribution in [2.45, 2.75) is 31.9 Å². The lowest BCUT2D eigenvalue weighted by Crippen LogP contribution is -2.25. The molecule has 0 saturated carbocycles. The van der Waals surface area contributed by atoms with Crippen LogP contribution in [0.15, 0.2) is 0 Å². The van der Waals surface area contributed by atoms with Gasteiger partial charge >= 0.3 is 5.97 Å². The van der Waals surface area contributed by atoms with Crippen LogP contribution < -0.4 is 5.73 Å². The molecule has 0 bridgehead atoms. The first-order valence-electron chi connectivity index (χ1n) is 3.00. The summed E-state index contributed by atoms with van der Waals surface area (Å²) in [5.41, 5.74) is 5.04. The van der Waals surface area contributed by atoms with Crippen molar-refractivity contribution in [1.29, 1.82) is 0 Å². The van der Waals surface area contributed by atoms with Crippen LogP contribution in [0.1, 0.15) is 20.3 Å². The molecule has 1 fully saturated rings. The number of carbonyl (C=O) groups is 1. The molecule has 0 aromatic rings. The highest BCUT2D eigenvalue weighted by atomic mass is 16.6. The van der Waals surface area contributed by atoms with Crippen LogP contribution in [0.2, 0.25) is 0 Å². The van der Waals surface area contributed by atoms with Crippen LogP contribution in [0.25, 0.3) is 0 Å². The van der Waals surface area contributed by atoms with Crippen molar-refractivity contribution in [1.82, 2.24) is 0 Å². The predicted molar refractivity (Wildman–Crippen MR) is 32.8 cm³/mol. The normalized spacial score (nSPS) is 32.3. The maximum atomic E-state index is 10.6. The van der Waals surface area contributed by atoms with E-state index in [4.69, 9.17) is 10.5 Å². The number of hydrogen-bond acceptors (Lipinski definition) is 3. The Balaban J connectivity index is 2.65. The molecule has 0 aromatic carbocycles. The average Bonchev–Trinajstić information content (AvgIpc) is 1.79. The van der Waals surface area contributed by atoms with Crippen LogP contribution in [0, 0.1) is 0 Å². The molecule has 1 heterocycles. The van der Waals surface area contributed by atoms with Crippen molar-refractivity contribution in [3.05, 3.63) is 0 Å². The van der Waals surface area contributed by atoms with E-state index in [1.165, 1.54) is 0 Å². The van der Waals surface area contributed by atoms with Crippen molar-refractivity contribution in [2.75, 3.05) is 0 Å². The van der Waals surface area contributed by atoms with Crippen molar-refractivity contribution < 1.29 is 9.53 Å². The summed E-state index contributed by atoms with van der Waals surface area (Å²) in [6, 6.07) is -0.403. The zero-order valence-corrected chi connectivity index (χ0v) is 5.68. The van der Waals surface area contributed by atoms with Gasteiger partial charge in [-0.3, -0.25) is 4.79 Å². The number of rotatable bonds is 0. The molecule has 0 amide bonds. The van der Waals surface area contributed by atoms with Gasteiger partial charge in [-0.1, -0.05) is 0 Å². The molecule has 0 aliphatic carbocycles. The number of cyclic esters (lactones) is 1. The van der Waals surface area contributed by atoms with E-state index < -0.39 is 6.04 Å². The van der Waals surface area contributed by atoms with Crippen LogP contribution >= 0.6 is 0 Å². The average molecular weight is 129 g/mol. The number of nitrogens with two attached hydrogens (primary N) is 1. The standard InChI is InChI=1S/C6H11NO2/c1-6(2)3-4(7)5(8)9-6/h4H,3,7H2,1-2H3/t4-/m0/s1. The molecule has 0 spiro atoms. The summed E-state index contributed by atoms with van der Waals surface area (Å²) in [6.07, 6.45) is 0.631. The third kappa shape index (κ3) is 1.21. The minimum Gasteiger partial charge on any atom is -0.458 e. The topological polar surface area (TPSA) is 52.3 Å². The molecule has 1 aliphatic rings. The molecular formula is C6H11NO2. The summed E-state index contributed by atoms with van der Waals surface area (Å²) in [6.45, 7) is 3.72. The Hall–Kier alpha value is -0.570. The molecule has 1 atom stereocenters. The number of esters is 1. The molecule has 1 rings (SSSR count). The molecule has 0 aromatic heterocycles. The molecule has 0 radical (unpaired) electrons. The third-order valence-electron chi connectivity index (χ3n) is 1.39. The highest BCUT2D eigenvalue weighted by Crippen LogP contribution is 2.23. The first kappa shape index (κ1) is 6.55. The summed E-state index contributed by atoms with van der Waals surface area (Å²) >= 11 is 0. The van der Waals surface area contributed by atoms with E-state index >= 15 is 0 Å². The van der Waals surface area contributed by atoms with Crippen molar-refractivity contribution in [3.8, 4) is 0 Å². The van der Waals surface area contributed by atoms with Gasteiger partial charge in [0.25, 0.3) is 0 Å². The van der Waals surface area contributed by atoms with E-state index in [1.54, 1.807) is 0 Å².